The zero-order chi connectivity index (χ0) is 30.3. The Balaban J connectivity index is 1.53. The summed E-state index contributed by atoms with van der Waals surface area (Å²) in [6.45, 7) is 8.09. The fourth-order valence-corrected chi connectivity index (χ4v) is 9.47. The van der Waals surface area contributed by atoms with Crippen LogP contribution in [0.3, 0.4) is 0 Å². The number of benzene rings is 2. The highest BCUT2D eigenvalue weighted by Gasteiger charge is 2.60. The number of thioether (sulfide) groups is 1. The van der Waals surface area contributed by atoms with E-state index in [-0.39, 0.29) is 61.2 Å². The van der Waals surface area contributed by atoms with E-state index in [1.807, 2.05) is 13.8 Å². The molecule has 7 rings (SSSR count). The average Bonchev–Trinajstić information content (AvgIpc) is 3.48. The van der Waals surface area contributed by atoms with Crippen molar-refractivity contribution in [2.45, 2.75) is 69.6 Å². The van der Waals surface area contributed by atoms with Gasteiger partial charge >= 0.3 is 5.97 Å². The first-order chi connectivity index (χ1) is 20.7. The number of aromatic hydroxyl groups is 1. The van der Waals surface area contributed by atoms with E-state index in [0.717, 1.165) is 33.6 Å². The molecular weight excluding hydrogens is 570 g/mol. The second kappa shape index (κ2) is 10.5. The number of rotatable bonds is 3. The minimum atomic E-state index is -0.521. The third-order valence-corrected chi connectivity index (χ3v) is 11.7. The maximum absolute atomic E-state index is 13.1. The number of hydrogen-bond acceptors (Lipinski definition) is 11. The number of nitrogens with zero attached hydrogens (tertiary/aromatic N) is 3. The topological polar surface area (TPSA) is 114 Å². The van der Waals surface area contributed by atoms with Crippen molar-refractivity contribution >= 4 is 17.7 Å². The smallest absolute Gasteiger partial charge is 0.309 e. The Kier molecular flexibility index (Phi) is 6.97. The van der Waals surface area contributed by atoms with Crippen molar-refractivity contribution in [3.8, 4) is 29.1 Å². The highest BCUT2D eigenvalue weighted by Crippen LogP contribution is 2.63. The summed E-state index contributed by atoms with van der Waals surface area (Å²) < 4.78 is 29.6. The zero-order valence-corrected chi connectivity index (χ0v) is 26.1. The van der Waals surface area contributed by atoms with Gasteiger partial charge in [-0.05, 0) is 50.9 Å². The predicted molar refractivity (Wildman–Crippen MR) is 158 cm³/mol. The Morgan fingerprint density at radius 3 is 2.65 bits per heavy atom. The SMILES string of the molecule is COCOc1c(C)c(C)cc2c1[C@@H]1C3[C@@H]4SC[C@H](C)C(=O)OC[C@@H](c5c6c(c(C)c(O)c54)OCO6)N3[C@@H](C#N)[C@H](C2)N1C. The summed E-state index contributed by atoms with van der Waals surface area (Å²) in [5, 5.41) is 22.4. The number of esters is 1. The molecule has 43 heavy (non-hydrogen) atoms. The van der Waals surface area contributed by atoms with Crippen LogP contribution in [0.4, 0.5) is 0 Å². The van der Waals surface area contributed by atoms with Crippen LogP contribution in [0.2, 0.25) is 0 Å². The maximum Gasteiger partial charge on any atom is 0.309 e. The minimum absolute atomic E-state index is 0.0382. The lowest BCUT2D eigenvalue weighted by molar-refractivity contribution is -0.153. The van der Waals surface area contributed by atoms with Crippen LogP contribution >= 0.6 is 11.8 Å². The van der Waals surface area contributed by atoms with Crippen LogP contribution in [0.25, 0.3) is 0 Å². The van der Waals surface area contributed by atoms with Crippen LogP contribution in [0.15, 0.2) is 6.07 Å². The van der Waals surface area contributed by atoms with Gasteiger partial charge in [-0.2, -0.15) is 17.0 Å². The fourth-order valence-electron chi connectivity index (χ4n) is 7.95. The second-order valence-corrected chi connectivity index (χ2v) is 13.5. The number of carbonyl (C=O) groups excluding carboxylic acids is 1. The van der Waals surface area contributed by atoms with Crippen LogP contribution in [-0.4, -0.2) is 79.1 Å². The van der Waals surface area contributed by atoms with Gasteiger partial charge in [0.25, 0.3) is 0 Å². The van der Waals surface area contributed by atoms with E-state index in [9.17, 15) is 15.2 Å². The Morgan fingerprint density at radius 2 is 1.91 bits per heavy atom. The van der Waals surface area contributed by atoms with Crippen LogP contribution in [0, 0.1) is 38.0 Å². The highest BCUT2D eigenvalue weighted by atomic mass is 32.2. The first-order valence-corrected chi connectivity index (χ1v) is 15.8. The van der Waals surface area contributed by atoms with Crippen LogP contribution in [-0.2, 0) is 20.7 Å². The van der Waals surface area contributed by atoms with Crippen molar-refractivity contribution in [2.75, 3.05) is 40.1 Å². The molecule has 2 aromatic rings. The first-order valence-electron chi connectivity index (χ1n) is 14.8. The number of phenolic OH excluding ortho intramolecular Hbond substituents is 1. The van der Waals surface area contributed by atoms with E-state index in [4.69, 9.17) is 23.7 Å². The molecule has 7 atom stereocenters. The maximum atomic E-state index is 13.1. The molecule has 11 heteroatoms. The Morgan fingerprint density at radius 1 is 1.14 bits per heavy atom. The number of hydrogen-bond donors (Lipinski definition) is 1. The molecule has 10 nitrogen and oxygen atoms in total. The number of piperazine rings is 1. The molecule has 0 radical (unpaired) electrons. The van der Waals surface area contributed by atoms with Crippen molar-refractivity contribution in [1.29, 1.82) is 5.26 Å². The molecule has 5 heterocycles. The summed E-state index contributed by atoms with van der Waals surface area (Å²) in [6.07, 6.45) is 0.666. The molecule has 0 amide bonds. The van der Waals surface area contributed by atoms with E-state index in [1.54, 1.807) is 18.9 Å². The third kappa shape index (κ3) is 3.99. The number of ether oxygens (including phenoxy) is 5. The van der Waals surface area contributed by atoms with Crippen molar-refractivity contribution in [3.05, 3.63) is 45.0 Å². The molecule has 2 aromatic carbocycles. The molecule has 2 saturated heterocycles. The molecule has 2 fully saturated rings. The van der Waals surface area contributed by atoms with E-state index in [2.05, 4.69) is 42.8 Å². The molecule has 0 spiro atoms. The van der Waals surface area contributed by atoms with Gasteiger partial charge in [0.05, 0.1) is 29.3 Å². The summed E-state index contributed by atoms with van der Waals surface area (Å²) in [7, 11) is 3.71. The molecule has 5 aliphatic heterocycles. The molecule has 1 N–H and O–H groups in total. The van der Waals surface area contributed by atoms with Crippen molar-refractivity contribution < 1.29 is 33.6 Å². The normalized spacial score (nSPS) is 31.0. The quantitative estimate of drug-likeness (QED) is 0.400. The van der Waals surface area contributed by atoms with E-state index in [0.29, 0.717) is 29.2 Å². The number of phenols is 1. The zero-order valence-electron chi connectivity index (χ0n) is 25.3. The number of methoxy groups -OCH3 is 1. The van der Waals surface area contributed by atoms with Gasteiger partial charge < -0.3 is 28.8 Å². The Labute approximate surface area is 255 Å². The fraction of sp³-hybridized carbons (Fsp3) is 0.562. The molecule has 0 saturated carbocycles. The van der Waals surface area contributed by atoms with E-state index >= 15 is 0 Å². The van der Waals surface area contributed by atoms with E-state index < -0.39 is 12.1 Å². The van der Waals surface area contributed by atoms with Gasteiger partial charge in [0, 0.05) is 47.2 Å². The largest absolute Gasteiger partial charge is 0.507 e. The lowest BCUT2D eigenvalue weighted by Gasteiger charge is -2.61. The number of nitriles is 1. The van der Waals surface area contributed by atoms with Crippen LogP contribution in [0.5, 0.6) is 23.0 Å². The molecule has 0 aromatic heterocycles. The van der Waals surface area contributed by atoms with Gasteiger partial charge in [0.2, 0.25) is 6.79 Å². The number of carbonyl (C=O) groups is 1. The number of likely N-dealkylation sites (N-methyl/N-ethyl adjacent to an activating group) is 1. The molecule has 5 aliphatic rings. The number of cyclic esters (lactones) is 1. The van der Waals surface area contributed by atoms with Gasteiger partial charge in [-0.25, -0.2) is 0 Å². The Bertz CT molecular complexity index is 1560. The number of aryl methyl sites for hydroxylation is 1. The predicted octanol–water partition coefficient (Wildman–Crippen LogP) is 4.22. The van der Waals surface area contributed by atoms with E-state index in [1.165, 1.54) is 5.56 Å². The third-order valence-electron chi connectivity index (χ3n) is 10.1. The van der Waals surface area contributed by atoms with Gasteiger partial charge in [0.1, 0.15) is 24.1 Å². The van der Waals surface area contributed by atoms with Gasteiger partial charge in [-0.1, -0.05) is 13.0 Å². The molecule has 0 aliphatic carbocycles. The standard InChI is InChI=1S/C32H37N3O7S/c1-14-7-18-8-19-20(9-33)35-21-10-39-32(37)15(2)11-43-31(24-23(21)30-29(41-13-42-30)17(4)27(24)36)26(35)25(34(19)5)22(18)28(16(14)3)40-12-38-6/h7,15,19-21,25-26,31,36H,8,10-13H2,1-6H3/t15-,19-,20-,21-,25+,26?,31+/m0/s1. The summed E-state index contributed by atoms with van der Waals surface area (Å²) >= 11 is 1.63. The lowest BCUT2D eigenvalue weighted by Crippen LogP contribution is -2.69. The van der Waals surface area contributed by atoms with Gasteiger partial charge in [-0.15, -0.1) is 0 Å². The monoisotopic (exact) mass is 607 g/mol. The van der Waals surface area contributed by atoms with Gasteiger partial charge in [0.15, 0.2) is 18.3 Å². The van der Waals surface area contributed by atoms with Crippen molar-refractivity contribution in [3.63, 3.8) is 0 Å². The second-order valence-electron chi connectivity index (χ2n) is 12.3. The molecular formula is C32H37N3O7S. The average molecular weight is 608 g/mol. The summed E-state index contributed by atoms with van der Waals surface area (Å²) in [4.78, 5) is 17.6. The van der Waals surface area contributed by atoms with Gasteiger partial charge in [-0.3, -0.25) is 14.6 Å². The number of fused-ring (bicyclic) bond motifs is 9. The summed E-state index contributed by atoms with van der Waals surface area (Å²) in [5.41, 5.74) is 6.62. The molecule has 228 valence electrons. The minimum Gasteiger partial charge on any atom is -0.507 e. The summed E-state index contributed by atoms with van der Waals surface area (Å²) in [6, 6.07) is 3.32. The van der Waals surface area contributed by atoms with Crippen molar-refractivity contribution in [2.24, 2.45) is 5.92 Å². The molecule has 1 unspecified atom stereocenters. The van der Waals surface area contributed by atoms with Crippen molar-refractivity contribution in [1.82, 2.24) is 9.80 Å². The summed E-state index contributed by atoms with van der Waals surface area (Å²) in [5.74, 6) is 1.96. The Hall–Kier alpha value is -3.17. The van der Waals surface area contributed by atoms with Crippen LogP contribution in [0.1, 0.15) is 63.2 Å². The first kappa shape index (κ1) is 28.6. The van der Waals surface area contributed by atoms with Crippen LogP contribution < -0.4 is 14.2 Å². The highest BCUT2D eigenvalue weighted by molar-refractivity contribution is 7.99. The molecule has 4 bridgehead atoms. The lowest BCUT2D eigenvalue weighted by atomic mass is 9.71.